The monoisotopic (exact) mass is 265 g/mol. The molecule has 1 amide bonds. The van der Waals surface area contributed by atoms with Crippen LogP contribution >= 0.6 is 0 Å². The van der Waals surface area contributed by atoms with Crippen LogP contribution in [0.3, 0.4) is 0 Å². The van der Waals surface area contributed by atoms with E-state index in [1.807, 2.05) is 6.92 Å². The molecule has 0 heterocycles. The van der Waals surface area contributed by atoms with E-state index in [9.17, 15) is 14.9 Å². The topological polar surface area (TPSA) is 98.3 Å². The van der Waals surface area contributed by atoms with Crippen LogP contribution in [0.15, 0.2) is 18.2 Å². The summed E-state index contributed by atoms with van der Waals surface area (Å²) in [6, 6.07) is 4.66. The van der Waals surface area contributed by atoms with Gasteiger partial charge in [-0.1, -0.05) is 13.0 Å². The highest BCUT2D eigenvalue weighted by Crippen LogP contribution is 2.22. The number of hydrogen-bond donors (Lipinski definition) is 2. The molecule has 0 bridgehead atoms. The standard InChI is InChI=1S/C13H19N3O3/c1-9-5-6-11(8-12(9)16(18)19)15-13(17)10(2)4-3-7-14/h5-6,8,10H,3-4,7,14H2,1-2H3,(H,15,17). The summed E-state index contributed by atoms with van der Waals surface area (Å²) in [5.41, 5.74) is 6.41. The van der Waals surface area contributed by atoms with Crippen molar-refractivity contribution in [3.05, 3.63) is 33.9 Å². The van der Waals surface area contributed by atoms with Crippen molar-refractivity contribution in [2.75, 3.05) is 11.9 Å². The van der Waals surface area contributed by atoms with Gasteiger partial charge in [0.05, 0.1) is 4.92 Å². The Morgan fingerprint density at radius 3 is 2.79 bits per heavy atom. The predicted octanol–water partition coefficient (Wildman–Crippen LogP) is 2.22. The number of aryl methyl sites for hydroxylation is 1. The molecular weight excluding hydrogens is 246 g/mol. The third-order valence-electron chi connectivity index (χ3n) is 2.96. The number of nitrogens with two attached hydrogens (primary N) is 1. The summed E-state index contributed by atoms with van der Waals surface area (Å²) < 4.78 is 0. The Morgan fingerprint density at radius 2 is 2.21 bits per heavy atom. The van der Waals surface area contributed by atoms with E-state index in [4.69, 9.17) is 5.73 Å². The zero-order valence-electron chi connectivity index (χ0n) is 11.2. The molecule has 6 nitrogen and oxygen atoms in total. The number of nitrogens with one attached hydrogen (secondary N) is 1. The third-order valence-corrected chi connectivity index (χ3v) is 2.96. The van der Waals surface area contributed by atoms with Crippen LogP contribution in [0.1, 0.15) is 25.3 Å². The summed E-state index contributed by atoms with van der Waals surface area (Å²) in [5, 5.41) is 13.5. The summed E-state index contributed by atoms with van der Waals surface area (Å²) in [4.78, 5) is 22.2. The van der Waals surface area contributed by atoms with Gasteiger partial charge < -0.3 is 11.1 Å². The van der Waals surface area contributed by atoms with Gasteiger partial charge >= 0.3 is 0 Å². The maximum absolute atomic E-state index is 11.9. The lowest BCUT2D eigenvalue weighted by Crippen LogP contribution is -2.21. The molecule has 6 heteroatoms. The number of benzene rings is 1. The molecule has 3 N–H and O–H groups in total. The molecule has 104 valence electrons. The van der Waals surface area contributed by atoms with Crippen LogP contribution in [0.2, 0.25) is 0 Å². The van der Waals surface area contributed by atoms with Crippen LogP contribution in [0.25, 0.3) is 0 Å². The highest BCUT2D eigenvalue weighted by molar-refractivity contribution is 5.92. The Morgan fingerprint density at radius 1 is 1.53 bits per heavy atom. The molecule has 0 radical (unpaired) electrons. The van der Waals surface area contributed by atoms with Crippen molar-refractivity contribution in [3.8, 4) is 0 Å². The zero-order valence-corrected chi connectivity index (χ0v) is 11.2. The predicted molar refractivity (Wildman–Crippen MR) is 73.9 cm³/mol. The number of carbonyl (C=O) groups excluding carboxylic acids is 1. The van der Waals surface area contributed by atoms with Crippen LogP contribution in [-0.4, -0.2) is 17.4 Å². The first kappa shape index (κ1) is 15.1. The van der Waals surface area contributed by atoms with Crippen molar-refractivity contribution in [2.24, 2.45) is 11.7 Å². The molecule has 0 aliphatic heterocycles. The van der Waals surface area contributed by atoms with Crippen molar-refractivity contribution in [2.45, 2.75) is 26.7 Å². The largest absolute Gasteiger partial charge is 0.330 e. The fourth-order valence-corrected chi connectivity index (χ4v) is 1.70. The van der Waals surface area contributed by atoms with E-state index in [0.717, 1.165) is 6.42 Å². The molecule has 0 aliphatic carbocycles. The van der Waals surface area contributed by atoms with Crippen molar-refractivity contribution in [3.63, 3.8) is 0 Å². The van der Waals surface area contributed by atoms with Gasteiger partial charge in [0.1, 0.15) is 0 Å². The number of rotatable bonds is 6. The highest BCUT2D eigenvalue weighted by atomic mass is 16.6. The van der Waals surface area contributed by atoms with Gasteiger partial charge in [-0.3, -0.25) is 14.9 Å². The lowest BCUT2D eigenvalue weighted by molar-refractivity contribution is -0.385. The van der Waals surface area contributed by atoms with Crippen molar-refractivity contribution in [1.29, 1.82) is 0 Å². The summed E-state index contributed by atoms with van der Waals surface area (Å²) in [5.74, 6) is -0.310. The molecule has 0 spiro atoms. The highest BCUT2D eigenvalue weighted by Gasteiger charge is 2.15. The number of nitro benzene ring substituents is 1. The van der Waals surface area contributed by atoms with Gasteiger partial charge in [0.15, 0.2) is 0 Å². The average Bonchev–Trinajstić information content (AvgIpc) is 2.37. The van der Waals surface area contributed by atoms with Crippen LogP contribution in [0.5, 0.6) is 0 Å². The number of nitrogens with zero attached hydrogens (tertiary/aromatic N) is 1. The van der Waals surface area contributed by atoms with E-state index in [0.29, 0.717) is 24.2 Å². The summed E-state index contributed by atoms with van der Waals surface area (Å²) in [6.45, 7) is 4.02. The summed E-state index contributed by atoms with van der Waals surface area (Å²) in [7, 11) is 0. The minimum absolute atomic E-state index is 0.00686. The number of nitro groups is 1. The van der Waals surface area contributed by atoms with Crippen molar-refractivity contribution < 1.29 is 9.72 Å². The first-order chi connectivity index (χ1) is 8.95. The quantitative estimate of drug-likeness (QED) is 0.608. The second kappa shape index (κ2) is 6.84. The van der Waals surface area contributed by atoms with Crippen LogP contribution in [0.4, 0.5) is 11.4 Å². The molecule has 0 saturated heterocycles. The van der Waals surface area contributed by atoms with Crippen LogP contribution < -0.4 is 11.1 Å². The van der Waals surface area contributed by atoms with Crippen molar-refractivity contribution >= 4 is 17.3 Å². The summed E-state index contributed by atoms with van der Waals surface area (Å²) in [6.07, 6.45) is 1.49. The second-order valence-electron chi connectivity index (χ2n) is 4.58. The zero-order chi connectivity index (χ0) is 14.4. The maximum Gasteiger partial charge on any atom is 0.274 e. The Kier molecular flexibility index (Phi) is 5.44. The van der Waals surface area contributed by atoms with E-state index < -0.39 is 4.92 Å². The van der Waals surface area contributed by atoms with Gasteiger partial charge in [0.25, 0.3) is 5.69 Å². The fraction of sp³-hybridized carbons (Fsp3) is 0.462. The maximum atomic E-state index is 11.9. The number of hydrogen-bond acceptors (Lipinski definition) is 4. The number of carbonyl (C=O) groups is 1. The Labute approximate surface area is 112 Å². The SMILES string of the molecule is Cc1ccc(NC(=O)C(C)CCCN)cc1[N+](=O)[O-]. The lowest BCUT2D eigenvalue weighted by Gasteiger charge is -2.11. The molecule has 0 fully saturated rings. The summed E-state index contributed by atoms with van der Waals surface area (Å²) >= 11 is 0. The molecule has 1 aromatic rings. The lowest BCUT2D eigenvalue weighted by atomic mass is 10.0. The molecule has 1 atom stereocenters. The smallest absolute Gasteiger partial charge is 0.274 e. The van der Waals surface area contributed by atoms with Gasteiger partial charge in [-0.2, -0.15) is 0 Å². The van der Waals surface area contributed by atoms with E-state index in [1.54, 1.807) is 19.1 Å². The van der Waals surface area contributed by atoms with Gasteiger partial charge in [-0.05, 0) is 32.4 Å². The number of anilines is 1. The van der Waals surface area contributed by atoms with Crippen molar-refractivity contribution in [1.82, 2.24) is 0 Å². The molecule has 19 heavy (non-hydrogen) atoms. The second-order valence-corrected chi connectivity index (χ2v) is 4.58. The van der Waals surface area contributed by atoms with Gasteiger partial charge in [0.2, 0.25) is 5.91 Å². The molecule has 1 unspecified atom stereocenters. The third kappa shape index (κ3) is 4.33. The van der Waals surface area contributed by atoms with E-state index in [1.165, 1.54) is 6.07 Å². The molecule has 0 aliphatic rings. The van der Waals surface area contributed by atoms with Gasteiger partial charge in [0, 0.05) is 23.2 Å². The van der Waals surface area contributed by atoms with Gasteiger partial charge in [-0.25, -0.2) is 0 Å². The Bertz CT molecular complexity index is 474. The van der Waals surface area contributed by atoms with Crippen LogP contribution in [0, 0.1) is 23.0 Å². The molecule has 0 aromatic heterocycles. The first-order valence-corrected chi connectivity index (χ1v) is 6.21. The minimum atomic E-state index is -0.456. The Balaban J connectivity index is 2.74. The average molecular weight is 265 g/mol. The molecule has 1 aromatic carbocycles. The molecule has 0 saturated carbocycles. The minimum Gasteiger partial charge on any atom is -0.330 e. The fourth-order valence-electron chi connectivity index (χ4n) is 1.70. The van der Waals surface area contributed by atoms with E-state index in [2.05, 4.69) is 5.32 Å². The normalized spacial score (nSPS) is 11.9. The Hall–Kier alpha value is -1.95. The van der Waals surface area contributed by atoms with E-state index >= 15 is 0 Å². The first-order valence-electron chi connectivity index (χ1n) is 6.21. The van der Waals surface area contributed by atoms with Crippen LogP contribution in [-0.2, 0) is 4.79 Å². The molecule has 1 rings (SSSR count). The number of amides is 1. The molecular formula is C13H19N3O3. The van der Waals surface area contributed by atoms with Gasteiger partial charge in [-0.15, -0.1) is 0 Å². The van der Waals surface area contributed by atoms with E-state index in [-0.39, 0.29) is 17.5 Å².